The summed E-state index contributed by atoms with van der Waals surface area (Å²) in [6.45, 7) is 10.8. The number of nitrogens with zero attached hydrogens (tertiary/aromatic N) is 2. The normalized spacial score (nSPS) is 14.8. The van der Waals surface area contributed by atoms with Gasteiger partial charge in [-0.25, -0.2) is 0 Å². The van der Waals surface area contributed by atoms with Crippen molar-refractivity contribution in [3.05, 3.63) is 0 Å². The Morgan fingerprint density at radius 1 is 1.22 bits per heavy atom. The first kappa shape index (κ1) is 17.4. The molecule has 0 fully saturated rings. The van der Waals surface area contributed by atoms with E-state index in [-0.39, 0.29) is 5.54 Å². The largest absolute Gasteiger partial charge is 0.306 e. The van der Waals surface area contributed by atoms with Crippen molar-refractivity contribution in [2.45, 2.75) is 71.4 Å². The molecule has 1 unspecified atom stereocenters. The highest BCUT2D eigenvalue weighted by Crippen LogP contribution is 2.17. The van der Waals surface area contributed by atoms with Gasteiger partial charge >= 0.3 is 0 Å². The van der Waals surface area contributed by atoms with Crippen molar-refractivity contribution in [1.29, 1.82) is 5.26 Å². The van der Waals surface area contributed by atoms with E-state index in [1.54, 1.807) is 0 Å². The van der Waals surface area contributed by atoms with Crippen LogP contribution in [-0.2, 0) is 0 Å². The molecule has 0 heterocycles. The zero-order valence-corrected chi connectivity index (χ0v) is 12.9. The Morgan fingerprint density at radius 3 is 2.28 bits per heavy atom. The third-order valence-corrected chi connectivity index (χ3v) is 3.42. The molecule has 0 spiro atoms. The first-order chi connectivity index (χ1) is 8.49. The topological polar surface area (TPSA) is 39.1 Å². The molecule has 0 aliphatic carbocycles. The van der Waals surface area contributed by atoms with Crippen LogP contribution in [0.25, 0.3) is 0 Å². The standard InChI is InChI=1S/C15H31N3/c1-6-8-11-18(5)12-9-10-15(7-2,13-16)17-14(3)4/h14,17H,6-12H2,1-5H3. The summed E-state index contributed by atoms with van der Waals surface area (Å²) >= 11 is 0. The molecule has 0 aliphatic rings. The van der Waals surface area contributed by atoms with Crippen molar-refractivity contribution in [1.82, 2.24) is 10.2 Å². The SMILES string of the molecule is CCCCN(C)CCCC(C#N)(CC)NC(C)C. The molecule has 0 saturated carbocycles. The quantitative estimate of drug-likeness (QED) is 0.650. The fourth-order valence-electron chi connectivity index (χ4n) is 2.26. The molecule has 0 radical (unpaired) electrons. The van der Waals surface area contributed by atoms with Crippen LogP contribution in [0.3, 0.4) is 0 Å². The van der Waals surface area contributed by atoms with Gasteiger partial charge in [-0.2, -0.15) is 5.26 Å². The van der Waals surface area contributed by atoms with Gasteiger partial charge in [0, 0.05) is 6.04 Å². The third-order valence-electron chi connectivity index (χ3n) is 3.42. The summed E-state index contributed by atoms with van der Waals surface area (Å²) < 4.78 is 0. The molecule has 1 atom stereocenters. The summed E-state index contributed by atoms with van der Waals surface area (Å²) in [6, 6.07) is 2.85. The Balaban J connectivity index is 4.09. The Labute approximate surface area is 114 Å². The molecule has 0 bridgehead atoms. The zero-order chi connectivity index (χ0) is 14.0. The average Bonchev–Trinajstić information content (AvgIpc) is 2.34. The number of hydrogen-bond donors (Lipinski definition) is 1. The molecule has 106 valence electrons. The van der Waals surface area contributed by atoms with E-state index in [1.165, 1.54) is 19.4 Å². The van der Waals surface area contributed by atoms with E-state index in [0.717, 1.165) is 25.8 Å². The van der Waals surface area contributed by atoms with Crippen LogP contribution in [0.15, 0.2) is 0 Å². The Morgan fingerprint density at radius 2 is 1.83 bits per heavy atom. The molecular formula is C15H31N3. The van der Waals surface area contributed by atoms with Crippen molar-refractivity contribution < 1.29 is 0 Å². The molecule has 0 aromatic heterocycles. The van der Waals surface area contributed by atoms with Crippen LogP contribution in [-0.4, -0.2) is 36.6 Å². The van der Waals surface area contributed by atoms with Gasteiger partial charge in [0.2, 0.25) is 0 Å². The third kappa shape index (κ3) is 6.98. The highest BCUT2D eigenvalue weighted by atomic mass is 15.1. The lowest BCUT2D eigenvalue weighted by molar-refractivity contribution is 0.282. The molecule has 0 saturated heterocycles. The molecule has 1 N–H and O–H groups in total. The fourth-order valence-corrected chi connectivity index (χ4v) is 2.26. The lowest BCUT2D eigenvalue weighted by Crippen LogP contribution is -2.47. The number of nitrogens with one attached hydrogen (secondary N) is 1. The first-order valence-electron chi connectivity index (χ1n) is 7.37. The number of unbranched alkanes of at least 4 members (excludes halogenated alkanes) is 1. The second-order valence-electron chi connectivity index (χ2n) is 5.61. The monoisotopic (exact) mass is 253 g/mol. The van der Waals surface area contributed by atoms with Gasteiger partial charge < -0.3 is 4.90 Å². The van der Waals surface area contributed by atoms with Crippen LogP contribution in [0, 0.1) is 11.3 Å². The minimum atomic E-state index is -0.334. The van der Waals surface area contributed by atoms with E-state index in [2.05, 4.69) is 51.0 Å². The molecule has 3 heteroatoms. The van der Waals surface area contributed by atoms with Crippen LogP contribution < -0.4 is 5.32 Å². The Hall–Kier alpha value is -0.590. The predicted octanol–water partition coefficient (Wildman–Crippen LogP) is 3.17. The summed E-state index contributed by atoms with van der Waals surface area (Å²) in [4.78, 5) is 2.37. The van der Waals surface area contributed by atoms with Crippen molar-refractivity contribution in [3.63, 3.8) is 0 Å². The molecule has 3 nitrogen and oxygen atoms in total. The number of hydrogen-bond acceptors (Lipinski definition) is 3. The second-order valence-corrected chi connectivity index (χ2v) is 5.61. The fraction of sp³-hybridized carbons (Fsp3) is 0.933. The van der Waals surface area contributed by atoms with Crippen molar-refractivity contribution in [2.75, 3.05) is 20.1 Å². The molecule has 18 heavy (non-hydrogen) atoms. The van der Waals surface area contributed by atoms with Gasteiger partial charge in [-0.1, -0.05) is 20.3 Å². The maximum atomic E-state index is 9.41. The summed E-state index contributed by atoms with van der Waals surface area (Å²) in [6.07, 6.45) is 5.41. The van der Waals surface area contributed by atoms with Crippen LogP contribution >= 0.6 is 0 Å². The van der Waals surface area contributed by atoms with E-state index in [9.17, 15) is 5.26 Å². The first-order valence-corrected chi connectivity index (χ1v) is 7.37. The average molecular weight is 253 g/mol. The van der Waals surface area contributed by atoms with E-state index in [0.29, 0.717) is 6.04 Å². The van der Waals surface area contributed by atoms with Crippen molar-refractivity contribution in [3.8, 4) is 6.07 Å². The molecule has 0 aromatic rings. The Bertz CT molecular complexity index is 245. The second kappa shape index (κ2) is 9.35. The van der Waals surface area contributed by atoms with Gasteiger partial charge in [0.15, 0.2) is 0 Å². The lowest BCUT2D eigenvalue weighted by Gasteiger charge is -2.29. The maximum absolute atomic E-state index is 9.41. The minimum absolute atomic E-state index is 0.334. The zero-order valence-electron chi connectivity index (χ0n) is 12.9. The summed E-state index contributed by atoms with van der Waals surface area (Å²) in [5.41, 5.74) is -0.334. The van der Waals surface area contributed by atoms with E-state index in [4.69, 9.17) is 0 Å². The summed E-state index contributed by atoms with van der Waals surface area (Å²) in [5.74, 6) is 0. The molecule has 0 amide bonds. The minimum Gasteiger partial charge on any atom is -0.306 e. The summed E-state index contributed by atoms with van der Waals surface area (Å²) in [7, 11) is 2.17. The van der Waals surface area contributed by atoms with Gasteiger partial charge in [0.25, 0.3) is 0 Å². The van der Waals surface area contributed by atoms with Gasteiger partial charge in [-0.15, -0.1) is 0 Å². The molecule has 0 rings (SSSR count). The van der Waals surface area contributed by atoms with E-state index >= 15 is 0 Å². The van der Waals surface area contributed by atoms with E-state index in [1.807, 2.05) is 0 Å². The predicted molar refractivity (Wildman–Crippen MR) is 78.5 cm³/mol. The number of rotatable bonds is 10. The lowest BCUT2D eigenvalue weighted by atomic mass is 9.91. The van der Waals surface area contributed by atoms with Crippen molar-refractivity contribution >= 4 is 0 Å². The van der Waals surface area contributed by atoms with Crippen molar-refractivity contribution in [2.24, 2.45) is 0 Å². The van der Waals surface area contributed by atoms with Crippen LogP contribution in [0.2, 0.25) is 0 Å². The van der Waals surface area contributed by atoms with E-state index < -0.39 is 0 Å². The van der Waals surface area contributed by atoms with Gasteiger partial charge in [0.05, 0.1) is 6.07 Å². The Kier molecular flexibility index (Phi) is 9.05. The van der Waals surface area contributed by atoms with Gasteiger partial charge in [-0.3, -0.25) is 5.32 Å². The maximum Gasteiger partial charge on any atom is 0.106 e. The number of nitriles is 1. The highest BCUT2D eigenvalue weighted by molar-refractivity contribution is 5.06. The van der Waals surface area contributed by atoms with Gasteiger partial charge in [0.1, 0.15) is 5.54 Å². The highest BCUT2D eigenvalue weighted by Gasteiger charge is 2.27. The molecular weight excluding hydrogens is 222 g/mol. The molecule has 0 aliphatic heterocycles. The van der Waals surface area contributed by atoms with Crippen LogP contribution in [0.4, 0.5) is 0 Å². The van der Waals surface area contributed by atoms with Crippen LogP contribution in [0.1, 0.15) is 59.8 Å². The summed E-state index contributed by atoms with van der Waals surface area (Å²) in [5, 5.41) is 12.8. The smallest absolute Gasteiger partial charge is 0.106 e. The van der Waals surface area contributed by atoms with Gasteiger partial charge in [-0.05, 0) is 59.7 Å². The van der Waals surface area contributed by atoms with Crippen LogP contribution in [0.5, 0.6) is 0 Å². The molecule has 0 aromatic carbocycles.